The van der Waals surface area contributed by atoms with E-state index >= 15 is 0 Å². The fraction of sp³-hybridized carbons (Fsp3) is 0.381. The molecule has 0 fully saturated rings. The number of benzene rings is 2. The molecule has 25 heavy (non-hydrogen) atoms. The van der Waals surface area contributed by atoms with E-state index < -0.39 is 11.9 Å². The number of amides is 1. The Morgan fingerprint density at radius 3 is 2.48 bits per heavy atom. The lowest BCUT2D eigenvalue weighted by atomic mass is 10.0. The molecule has 134 valence electrons. The average molecular weight is 343 g/mol. The Morgan fingerprint density at radius 2 is 1.84 bits per heavy atom. The quantitative estimate of drug-likeness (QED) is 0.770. The van der Waals surface area contributed by atoms with Crippen LogP contribution in [0.5, 0.6) is 5.75 Å². The van der Waals surface area contributed by atoms with Crippen molar-refractivity contribution >= 4 is 5.91 Å². The summed E-state index contributed by atoms with van der Waals surface area (Å²) in [6, 6.07) is 12.5. The molecule has 1 N–H and O–H groups in total. The second kappa shape index (κ2) is 9.21. The van der Waals surface area contributed by atoms with Crippen LogP contribution in [0.25, 0.3) is 0 Å². The monoisotopic (exact) mass is 343 g/mol. The van der Waals surface area contributed by atoms with E-state index in [4.69, 9.17) is 4.74 Å². The van der Waals surface area contributed by atoms with Gasteiger partial charge in [-0.25, -0.2) is 4.39 Å². The zero-order chi connectivity index (χ0) is 18.2. The largest absolute Gasteiger partial charge is 0.478 e. The van der Waals surface area contributed by atoms with Crippen molar-refractivity contribution in [2.24, 2.45) is 0 Å². The van der Waals surface area contributed by atoms with Crippen LogP contribution < -0.4 is 10.1 Å². The Labute approximate surface area is 149 Å². The number of hydrogen-bond donors (Lipinski definition) is 1. The first kappa shape index (κ1) is 19.0. The van der Waals surface area contributed by atoms with Gasteiger partial charge in [0.25, 0.3) is 5.91 Å². The molecule has 0 unspecified atom stereocenters. The van der Waals surface area contributed by atoms with Crippen molar-refractivity contribution < 1.29 is 13.9 Å². The molecular weight excluding hydrogens is 317 g/mol. The van der Waals surface area contributed by atoms with Crippen LogP contribution in [-0.2, 0) is 24.2 Å². The molecule has 0 aliphatic rings. The standard InChI is InChI=1S/C21H26FNO2/c1-4-15-11-12-16(5-2)17(13-15)14-23-21(24)19(6-3)25-20-10-8-7-9-18(20)22/h7-13,19H,4-6,14H2,1-3H3,(H,23,24)/t19-/m0/s1. The molecular formula is C21H26FNO2. The molecule has 0 spiro atoms. The van der Waals surface area contributed by atoms with E-state index in [9.17, 15) is 9.18 Å². The molecule has 1 amide bonds. The summed E-state index contributed by atoms with van der Waals surface area (Å²) in [6.45, 7) is 6.51. The van der Waals surface area contributed by atoms with Crippen LogP contribution in [-0.4, -0.2) is 12.0 Å². The van der Waals surface area contributed by atoms with Gasteiger partial charge in [-0.05, 0) is 48.1 Å². The molecule has 0 saturated heterocycles. The number of nitrogens with one attached hydrogen (secondary N) is 1. The number of para-hydroxylation sites is 1. The van der Waals surface area contributed by atoms with Gasteiger partial charge in [-0.1, -0.05) is 51.1 Å². The van der Waals surface area contributed by atoms with Gasteiger partial charge in [0.2, 0.25) is 0 Å². The molecule has 0 bridgehead atoms. The number of ether oxygens (including phenoxy) is 1. The van der Waals surface area contributed by atoms with E-state index in [1.807, 2.05) is 6.92 Å². The number of halogens is 1. The Balaban J connectivity index is 2.04. The van der Waals surface area contributed by atoms with Crippen LogP contribution in [0.3, 0.4) is 0 Å². The Hall–Kier alpha value is -2.36. The second-order valence-corrected chi connectivity index (χ2v) is 5.97. The van der Waals surface area contributed by atoms with E-state index in [1.54, 1.807) is 12.1 Å². The van der Waals surface area contributed by atoms with Crippen LogP contribution in [0, 0.1) is 5.82 Å². The summed E-state index contributed by atoms with van der Waals surface area (Å²) in [4.78, 5) is 12.5. The van der Waals surface area contributed by atoms with Crippen molar-refractivity contribution in [3.63, 3.8) is 0 Å². The lowest BCUT2D eigenvalue weighted by Crippen LogP contribution is -2.38. The number of hydrogen-bond acceptors (Lipinski definition) is 2. The molecule has 0 aromatic heterocycles. The summed E-state index contributed by atoms with van der Waals surface area (Å²) >= 11 is 0. The maximum atomic E-state index is 13.7. The smallest absolute Gasteiger partial charge is 0.261 e. The number of aryl methyl sites for hydroxylation is 2. The van der Waals surface area contributed by atoms with Gasteiger partial charge in [0.1, 0.15) is 0 Å². The van der Waals surface area contributed by atoms with Gasteiger partial charge < -0.3 is 10.1 Å². The van der Waals surface area contributed by atoms with E-state index in [0.29, 0.717) is 13.0 Å². The van der Waals surface area contributed by atoms with Crippen LogP contribution >= 0.6 is 0 Å². The molecule has 0 aliphatic carbocycles. The molecule has 2 aromatic rings. The topological polar surface area (TPSA) is 38.3 Å². The van der Waals surface area contributed by atoms with Gasteiger partial charge in [0.15, 0.2) is 17.7 Å². The predicted octanol–water partition coefficient (Wildman–Crippen LogP) is 4.42. The van der Waals surface area contributed by atoms with Crippen LogP contribution in [0.4, 0.5) is 4.39 Å². The minimum absolute atomic E-state index is 0.103. The molecule has 0 radical (unpaired) electrons. The highest BCUT2D eigenvalue weighted by Gasteiger charge is 2.19. The van der Waals surface area contributed by atoms with E-state index in [1.165, 1.54) is 23.3 Å². The summed E-state index contributed by atoms with van der Waals surface area (Å²) in [7, 11) is 0. The first-order valence-corrected chi connectivity index (χ1v) is 8.88. The van der Waals surface area contributed by atoms with Crippen molar-refractivity contribution in [2.45, 2.75) is 52.7 Å². The lowest BCUT2D eigenvalue weighted by Gasteiger charge is -2.18. The highest BCUT2D eigenvalue weighted by atomic mass is 19.1. The van der Waals surface area contributed by atoms with Gasteiger partial charge in [-0.3, -0.25) is 4.79 Å². The van der Waals surface area contributed by atoms with Crippen molar-refractivity contribution in [3.05, 3.63) is 65.0 Å². The minimum atomic E-state index is -0.712. The molecule has 0 heterocycles. The van der Waals surface area contributed by atoms with Crippen LogP contribution in [0.15, 0.2) is 42.5 Å². The number of carbonyl (C=O) groups is 1. The van der Waals surface area contributed by atoms with Crippen molar-refractivity contribution in [1.82, 2.24) is 5.32 Å². The Bertz CT molecular complexity index is 715. The van der Waals surface area contributed by atoms with E-state index in [2.05, 4.69) is 37.4 Å². The molecule has 0 aliphatic heterocycles. The fourth-order valence-electron chi connectivity index (χ4n) is 2.72. The molecule has 2 rings (SSSR count). The zero-order valence-electron chi connectivity index (χ0n) is 15.1. The summed E-state index contributed by atoms with van der Waals surface area (Å²) < 4.78 is 19.3. The summed E-state index contributed by atoms with van der Waals surface area (Å²) in [5.41, 5.74) is 3.59. The summed E-state index contributed by atoms with van der Waals surface area (Å²) in [5, 5.41) is 2.93. The van der Waals surface area contributed by atoms with E-state index in [-0.39, 0.29) is 11.7 Å². The fourth-order valence-corrected chi connectivity index (χ4v) is 2.72. The maximum Gasteiger partial charge on any atom is 0.261 e. The third kappa shape index (κ3) is 5.05. The molecule has 2 aromatic carbocycles. The normalized spacial score (nSPS) is 11.8. The van der Waals surface area contributed by atoms with Gasteiger partial charge in [-0.2, -0.15) is 0 Å². The molecule has 4 heteroatoms. The predicted molar refractivity (Wildman–Crippen MR) is 98.2 cm³/mol. The highest BCUT2D eigenvalue weighted by Crippen LogP contribution is 2.18. The Kier molecular flexibility index (Phi) is 6.99. The minimum Gasteiger partial charge on any atom is -0.478 e. The first-order valence-electron chi connectivity index (χ1n) is 8.88. The molecule has 3 nitrogen and oxygen atoms in total. The van der Waals surface area contributed by atoms with Crippen LogP contribution in [0.2, 0.25) is 0 Å². The van der Waals surface area contributed by atoms with E-state index in [0.717, 1.165) is 18.4 Å². The van der Waals surface area contributed by atoms with Gasteiger partial charge in [0, 0.05) is 6.54 Å². The zero-order valence-corrected chi connectivity index (χ0v) is 15.1. The lowest BCUT2D eigenvalue weighted by molar-refractivity contribution is -0.128. The summed E-state index contributed by atoms with van der Waals surface area (Å²) in [5.74, 6) is -0.584. The average Bonchev–Trinajstić information content (AvgIpc) is 2.65. The number of carbonyl (C=O) groups excluding carboxylic acids is 1. The van der Waals surface area contributed by atoms with Gasteiger partial charge >= 0.3 is 0 Å². The molecule has 1 atom stereocenters. The highest BCUT2D eigenvalue weighted by molar-refractivity contribution is 5.81. The van der Waals surface area contributed by atoms with Gasteiger partial charge in [-0.15, -0.1) is 0 Å². The first-order chi connectivity index (χ1) is 12.1. The Morgan fingerprint density at radius 1 is 1.08 bits per heavy atom. The third-order valence-electron chi connectivity index (χ3n) is 4.28. The SMILES string of the molecule is CCc1ccc(CC)c(CNC(=O)[C@H](CC)Oc2ccccc2F)c1. The number of rotatable bonds is 8. The van der Waals surface area contributed by atoms with Crippen molar-refractivity contribution in [1.29, 1.82) is 0 Å². The molecule has 0 saturated carbocycles. The van der Waals surface area contributed by atoms with Crippen LogP contribution in [0.1, 0.15) is 43.9 Å². The summed E-state index contributed by atoms with van der Waals surface area (Å²) in [6.07, 6.45) is 1.63. The maximum absolute atomic E-state index is 13.7. The van der Waals surface area contributed by atoms with Gasteiger partial charge in [0.05, 0.1) is 0 Å². The van der Waals surface area contributed by atoms with Crippen molar-refractivity contribution in [3.8, 4) is 5.75 Å². The van der Waals surface area contributed by atoms with Crippen molar-refractivity contribution in [2.75, 3.05) is 0 Å². The third-order valence-corrected chi connectivity index (χ3v) is 4.28. The second-order valence-electron chi connectivity index (χ2n) is 5.97.